The van der Waals surface area contributed by atoms with Gasteiger partial charge in [0.1, 0.15) is 11.6 Å². The molecule has 0 N–H and O–H groups in total. The molecule has 36 heavy (non-hydrogen) atoms. The fraction of sp³-hybridized carbons (Fsp3) is 0.517. The van der Waals surface area contributed by atoms with E-state index in [1.807, 2.05) is 0 Å². The van der Waals surface area contributed by atoms with E-state index in [0.717, 1.165) is 37.0 Å². The van der Waals surface area contributed by atoms with Gasteiger partial charge in [-0.15, -0.1) is 13.2 Å². The van der Waals surface area contributed by atoms with E-state index in [-0.39, 0.29) is 5.56 Å². The number of hydrogen-bond acceptors (Lipinski definition) is 1. The summed E-state index contributed by atoms with van der Waals surface area (Å²) >= 11 is 0. The Morgan fingerprint density at radius 3 is 2.17 bits per heavy atom. The zero-order chi connectivity index (χ0) is 26.3. The van der Waals surface area contributed by atoms with Gasteiger partial charge >= 0.3 is 6.36 Å². The number of alkyl halides is 3. The van der Waals surface area contributed by atoms with Crippen LogP contribution in [0.15, 0.2) is 30.3 Å². The molecule has 1 saturated carbocycles. The smallest absolute Gasteiger partial charge is 0.403 e. The monoisotopic (exact) mass is 510 g/mol. The van der Waals surface area contributed by atoms with Gasteiger partial charge in [-0.25, -0.2) is 13.2 Å². The molecule has 0 radical (unpaired) electrons. The van der Waals surface area contributed by atoms with Crippen LogP contribution in [0.4, 0.5) is 26.3 Å². The lowest BCUT2D eigenvalue weighted by Gasteiger charge is -2.32. The summed E-state index contributed by atoms with van der Waals surface area (Å²) in [6, 6.07) is 5.13. The third kappa shape index (κ3) is 8.21. The lowest BCUT2D eigenvalue weighted by Crippen LogP contribution is -2.21. The predicted octanol–water partition coefficient (Wildman–Crippen LogP) is 8.97. The highest BCUT2D eigenvalue weighted by Gasteiger charge is 2.32. The topological polar surface area (TPSA) is 9.23 Å². The molecule has 1 atom stereocenters. The van der Waals surface area contributed by atoms with Crippen molar-refractivity contribution in [2.45, 2.75) is 78.0 Å². The van der Waals surface area contributed by atoms with E-state index in [2.05, 4.69) is 30.4 Å². The van der Waals surface area contributed by atoms with Gasteiger partial charge in [-0.3, -0.25) is 0 Å². The molecule has 0 bridgehead atoms. The normalized spacial score (nSPS) is 18.9. The average molecular weight is 511 g/mol. The molecule has 0 saturated heterocycles. The Balaban J connectivity index is 1.62. The molecule has 0 aromatic heterocycles. The summed E-state index contributed by atoms with van der Waals surface area (Å²) in [5.74, 6) is 2.46. The van der Waals surface area contributed by atoms with Gasteiger partial charge in [-0.05, 0) is 72.9 Å². The molecule has 2 aromatic rings. The summed E-state index contributed by atoms with van der Waals surface area (Å²) in [6.45, 7) is 4.34. The van der Waals surface area contributed by atoms with Gasteiger partial charge in [0, 0.05) is 5.56 Å². The molecule has 1 aliphatic rings. The van der Waals surface area contributed by atoms with Crippen LogP contribution in [0.2, 0.25) is 0 Å². The van der Waals surface area contributed by atoms with Crippen molar-refractivity contribution in [1.29, 1.82) is 0 Å². The van der Waals surface area contributed by atoms with Crippen molar-refractivity contribution in [3.05, 3.63) is 64.5 Å². The maximum Gasteiger partial charge on any atom is 0.573 e. The number of unbranched alkanes of at least 4 members (excludes halogenated alkanes) is 2. The van der Waals surface area contributed by atoms with Crippen molar-refractivity contribution >= 4 is 0 Å². The number of benzene rings is 2. The van der Waals surface area contributed by atoms with Gasteiger partial charge in [0.15, 0.2) is 11.6 Å². The Kier molecular flexibility index (Phi) is 9.76. The van der Waals surface area contributed by atoms with Gasteiger partial charge in [-0.2, -0.15) is 0 Å². The van der Waals surface area contributed by atoms with E-state index in [0.29, 0.717) is 23.8 Å². The second-order valence-electron chi connectivity index (χ2n) is 9.84. The quantitative estimate of drug-likeness (QED) is 0.196. The molecular formula is C29H32F6O. The summed E-state index contributed by atoms with van der Waals surface area (Å²) in [4.78, 5) is 0. The zero-order valence-corrected chi connectivity index (χ0v) is 20.7. The highest BCUT2D eigenvalue weighted by atomic mass is 19.4. The zero-order valence-electron chi connectivity index (χ0n) is 20.7. The first-order valence-electron chi connectivity index (χ1n) is 12.6. The van der Waals surface area contributed by atoms with Gasteiger partial charge in [-0.1, -0.05) is 64.2 Å². The molecule has 7 heteroatoms. The molecule has 0 amide bonds. The number of hydrogen-bond donors (Lipinski definition) is 0. The van der Waals surface area contributed by atoms with Crippen LogP contribution in [0.5, 0.6) is 5.75 Å². The SMILES string of the molecule is CCCCCC1CCC(C(C)Cc2cc(F)c(C#Cc3ccc(OC(F)(F)F)c(F)c3)c(F)c2)CC1. The second kappa shape index (κ2) is 12.6. The van der Waals surface area contributed by atoms with Crippen LogP contribution in [0.25, 0.3) is 0 Å². The molecule has 0 spiro atoms. The average Bonchev–Trinajstić information content (AvgIpc) is 2.80. The van der Waals surface area contributed by atoms with Crippen molar-refractivity contribution in [3.8, 4) is 17.6 Å². The Morgan fingerprint density at radius 2 is 1.58 bits per heavy atom. The van der Waals surface area contributed by atoms with Crippen LogP contribution < -0.4 is 4.74 Å². The Hall–Kier alpha value is -2.62. The highest BCUT2D eigenvalue weighted by molar-refractivity contribution is 5.46. The van der Waals surface area contributed by atoms with Crippen molar-refractivity contribution in [3.63, 3.8) is 0 Å². The predicted molar refractivity (Wildman–Crippen MR) is 128 cm³/mol. The summed E-state index contributed by atoms with van der Waals surface area (Å²) in [6.07, 6.45) is 5.38. The molecule has 0 heterocycles. The Morgan fingerprint density at radius 1 is 0.917 bits per heavy atom. The maximum atomic E-state index is 14.7. The molecule has 196 valence electrons. The molecule has 3 rings (SSSR count). The minimum atomic E-state index is -5.03. The van der Waals surface area contributed by atoms with Gasteiger partial charge in [0.25, 0.3) is 0 Å². The standard InChI is InChI=1S/C29H32F6O/c1-3-4-5-6-20-7-11-23(12-8-20)19(2)15-22-17-25(30)24(26(31)18-22)13-9-21-10-14-28(27(32)16-21)36-29(33,34)35/h10,14,16-20,23H,3-8,11-12,15H2,1-2H3. The number of ether oxygens (including phenoxy) is 1. The fourth-order valence-corrected chi connectivity index (χ4v) is 5.05. The van der Waals surface area contributed by atoms with Gasteiger partial charge in [0.05, 0.1) is 5.56 Å². The van der Waals surface area contributed by atoms with E-state index in [1.165, 1.54) is 50.7 Å². The lowest BCUT2D eigenvalue weighted by molar-refractivity contribution is -0.275. The van der Waals surface area contributed by atoms with Crippen LogP contribution in [0.1, 0.15) is 81.9 Å². The molecule has 0 aliphatic heterocycles. The van der Waals surface area contributed by atoms with E-state index in [9.17, 15) is 26.3 Å². The third-order valence-electron chi connectivity index (χ3n) is 7.06. The molecule has 1 fully saturated rings. The largest absolute Gasteiger partial charge is 0.573 e. The summed E-state index contributed by atoms with van der Waals surface area (Å²) < 4.78 is 83.5. The summed E-state index contributed by atoms with van der Waals surface area (Å²) in [5, 5.41) is 0. The van der Waals surface area contributed by atoms with Crippen LogP contribution in [-0.4, -0.2) is 6.36 Å². The van der Waals surface area contributed by atoms with Crippen molar-refractivity contribution < 1.29 is 31.1 Å². The van der Waals surface area contributed by atoms with Crippen molar-refractivity contribution in [2.24, 2.45) is 17.8 Å². The summed E-state index contributed by atoms with van der Waals surface area (Å²) in [7, 11) is 0. The highest BCUT2D eigenvalue weighted by Crippen LogP contribution is 2.37. The van der Waals surface area contributed by atoms with E-state index < -0.39 is 35.1 Å². The maximum absolute atomic E-state index is 14.7. The third-order valence-corrected chi connectivity index (χ3v) is 7.06. The molecule has 1 aliphatic carbocycles. The van der Waals surface area contributed by atoms with Crippen molar-refractivity contribution in [2.75, 3.05) is 0 Å². The number of halogens is 6. The second-order valence-corrected chi connectivity index (χ2v) is 9.84. The van der Waals surface area contributed by atoms with Crippen molar-refractivity contribution in [1.82, 2.24) is 0 Å². The van der Waals surface area contributed by atoms with Gasteiger partial charge < -0.3 is 4.74 Å². The Bertz CT molecular complexity index is 1050. The number of rotatable bonds is 8. The van der Waals surface area contributed by atoms with Crippen LogP contribution in [-0.2, 0) is 6.42 Å². The van der Waals surface area contributed by atoms with E-state index in [4.69, 9.17) is 0 Å². The minimum absolute atomic E-state index is 0.0381. The lowest BCUT2D eigenvalue weighted by atomic mass is 9.73. The molecule has 2 aromatic carbocycles. The fourth-order valence-electron chi connectivity index (χ4n) is 5.05. The van der Waals surface area contributed by atoms with Crippen LogP contribution in [0.3, 0.4) is 0 Å². The molecular weight excluding hydrogens is 478 g/mol. The van der Waals surface area contributed by atoms with E-state index >= 15 is 0 Å². The summed E-state index contributed by atoms with van der Waals surface area (Å²) in [5.41, 5.74) is 0.0617. The van der Waals surface area contributed by atoms with E-state index in [1.54, 1.807) is 0 Å². The van der Waals surface area contributed by atoms with Crippen LogP contribution in [0, 0.1) is 47.0 Å². The molecule has 1 nitrogen and oxygen atoms in total. The van der Waals surface area contributed by atoms with Crippen LogP contribution >= 0.6 is 0 Å². The van der Waals surface area contributed by atoms with Gasteiger partial charge in [0.2, 0.25) is 0 Å². The minimum Gasteiger partial charge on any atom is -0.403 e. The first-order valence-corrected chi connectivity index (χ1v) is 12.6. The Labute approximate surface area is 209 Å². The molecule has 1 unspecified atom stereocenters. The first-order chi connectivity index (χ1) is 17.1. The first kappa shape index (κ1) is 28.0.